The molecular formula is C17H27NO2. The zero-order chi connectivity index (χ0) is 14.0. The minimum atomic E-state index is 0.675. The molecule has 0 aliphatic heterocycles. The van der Waals surface area contributed by atoms with Crippen molar-refractivity contribution in [2.75, 3.05) is 19.8 Å². The fraction of sp³-hybridized carbons (Fsp3) is 0.647. The average molecular weight is 277 g/mol. The van der Waals surface area contributed by atoms with Crippen LogP contribution in [0.25, 0.3) is 0 Å². The van der Waals surface area contributed by atoms with Gasteiger partial charge < -0.3 is 14.8 Å². The van der Waals surface area contributed by atoms with Crippen LogP contribution in [0.1, 0.15) is 45.4 Å². The van der Waals surface area contributed by atoms with E-state index in [2.05, 4.69) is 5.32 Å². The first-order valence-corrected chi connectivity index (χ1v) is 7.98. The van der Waals surface area contributed by atoms with Gasteiger partial charge in [0.2, 0.25) is 0 Å². The van der Waals surface area contributed by atoms with E-state index >= 15 is 0 Å². The van der Waals surface area contributed by atoms with Crippen LogP contribution in [0, 0.1) is 0 Å². The molecule has 0 heterocycles. The van der Waals surface area contributed by atoms with Gasteiger partial charge in [0.1, 0.15) is 0 Å². The fourth-order valence-corrected chi connectivity index (χ4v) is 2.20. The van der Waals surface area contributed by atoms with E-state index in [-0.39, 0.29) is 0 Å². The lowest BCUT2D eigenvalue weighted by Gasteiger charge is -2.11. The molecule has 0 unspecified atom stereocenters. The van der Waals surface area contributed by atoms with Crippen molar-refractivity contribution in [2.45, 2.75) is 51.5 Å². The van der Waals surface area contributed by atoms with Crippen molar-refractivity contribution in [3.8, 4) is 11.5 Å². The second kappa shape index (κ2) is 8.85. The summed E-state index contributed by atoms with van der Waals surface area (Å²) in [6.45, 7) is 4.62. The highest BCUT2D eigenvalue weighted by Gasteiger charge is 2.19. The van der Waals surface area contributed by atoms with Gasteiger partial charge in [-0.1, -0.05) is 25.0 Å². The van der Waals surface area contributed by atoms with Crippen molar-refractivity contribution in [3.63, 3.8) is 0 Å². The molecule has 1 aromatic carbocycles. The van der Waals surface area contributed by atoms with E-state index in [9.17, 15) is 0 Å². The molecule has 1 saturated carbocycles. The van der Waals surface area contributed by atoms with Crippen molar-refractivity contribution in [3.05, 3.63) is 24.3 Å². The molecule has 1 N–H and O–H groups in total. The number of para-hydroxylation sites is 2. The molecule has 0 radical (unpaired) electrons. The first-order valence-electron chi connectivity index (χ1n) is 7.98. The van der Waals surface area contributed by atoms with E-state index in [0.29, 0.717) is 6.61 Å². The lowest BCUT2D eigenvalue weighted by Crippen LogP contribution is -2.17. The average Bonchev–Trinajstić information content (AvgIpc) is 3.28. The summed E-state index contributed by atoms with van der Waals surface area (Å²) in [5.41, 5.74) is 0. The molecule has 0 spiro atoms. The van der Waals surface area contributed by atoms with Crippen LogP contribution in [0.15, 0.2) is 24.3 Å². The topological polar surface area (TPSA) is 30.5 Å². The molecule has 0 aromatic heterocycles. The molecule has 20 heavy (non-hydrogen) atoms. The monoisotopic (exact) mass is 277 g/mol. The van der Waals surface area contributed by atoms with Crippen LogP contribution in [-0.4, -0.2) is 25.8 Å². The van der Waals surface area contributed by atoms with Crippen LogP contribution >= 0.6 is 0 Å². The first-order chi connectivity index (χ1) is 9.90. The Morgan fingerprint density at radius 1 is 1.00 bits per heavy atom. The van der Waals surface area contributed by atoms with Crippen molar-refractivity contribution in [2.24, 2.45) is 0 Å². The lowest BCUT2D eigenvalue weighted by atomic mass is 10.2. The molecule has 3 heteroatoms. The van der Waals surface area contributed by atoms with Crippen LogP contribution < -0.4 is 14.8 Å². The number of hydrogen-bond acceptors (Lipinski definition) is 3. The maximum atomic E-state index is 5.80. The Morgan fingerprint density at radius 2 is 1.70 bits per heavy atom. The summed E-state index contributed by atoms with van der Waals surface area (Å²) in [4.78, 5) is 0. The molecule has 2 rings (SSSR count). The van der Waals surface area contributed by atoms with E-state index in [1.807, 2.05) is 31.2 Å². The standard InChI is InChI=1S/C17H27NO2/c1-2-19-16-9-5-6-10-17(16)20-14-8-4-3-7-13-18-15-11-12-15/h5-6,9-10,15,18H,2-4,7-8,11-14H2,1H3. The Balaban J connectivity index is 1.51. The van der Waals surface area contributed by atoms with Gasteiger partial charge in [-0.25, -0.2) is 0 Å². The third kappa shape index (κ3) is 5.83. The summed E-state index contributed by atoms with van der Waals surface area (Å²) in [5.74, 6) is 1.72. The van der Waals surface area contributed by atoms with Crippen LogP contribution in [-0.2, 0) is 0 Å². The number of nitrogens with one attached hydrogen (secondary N) is 1. The highest BCUT2D eigenvalue weighted by Crippen LogP contribution is 2.26. The highest BCUT2D eigenvalue weighted by molar-refractivity contribution is 5.39. The molecule has 0 bridgehead atoms. The minimum Gasteiger partial charge on any atom is -0.490 e. The van der Waals surface area contributed by atoms with E-state index in [0.717, 1.165) is 30.6 Å². The van der Waals surface area contributed by atoms with Gasteiger partial charge in [-0.2, -0.15) is 0 Å². The number of unbranched alkanes of at least 4 members (excludes halogenated alkanes) is 3. The second-order valence-corrected chi connectivity index (χ2v) is 5.37. The van der Waals surface area contributed by atoms with Crippen molar-refractivity contribution >= 4 is 0 Å². The molecule has 0 atom stereocenters. The molecular weight excluding hydrogens is 250 g/mol. The van der Waals surface area contributed by atoms with Crippen LogP contribution in [0.2, 0.25) is 0 Å². The fourth-order valence-electron chi connectivity index (χ4n) is 2.20. The van der Waals surface area contributed by atoms with Gasteiger partial charge in [0.25, 0.3) is 0 Å². The Hall–Kier alpha value is -1.22. The van der Waals surface area contributed by atoms with E-state index in [1.165, 1.54) is 38.6 Å². The highest BCUT2D eigenvalue weighted by atomic mass is 16.5. The van der Waals surface area contributed by atoms with E-state index in [1.54, 1.807) is 0 Å². The minimum absolute atomic E-state index is 0.675. The number of benzene rings is 1. The molecule has 0 amide bonds. The van der Waals surface area contributed by atoms with Crippen LogP contribution in [0.5, 0.6) is 11.5 Å². The quantitative estimate of drug-likeness (QED) is 0.624. The summed E-state index contributed by atoms with van der Waals surface area (Å²) in [6, 6.07) is 8.74. The number of hydrogen-bond donors (Lipinski definition) is 1. The normalized spacial score (nSPS) is 14.2. The zero-order valence-corrected chi connectivity index (χ0v) is 12.6. The second-order valence-electron chi connectivity index (χ2n) is 5.37. The molecule has 0 saturated heterocycles. The zero-order valence-electron chi connectivity index (χ0n) is 12.6. The van der Waals surface area contributed by atoms with Crippen LogP contribution in [0.3, 0.4) is 0 Å². The third-order valence-corrected chi connectivity index (χ3v) is 3.49. The van der Waals surface area contributed by atoms with Gasteiger partial charge >= 0.3 is 0 Å². The Labute approximate surface area is 122 Å². The predicted molar refractivity (Wildman–Crippen MR) is 82.6 cm³/mol. The van der Waals surface area contributed by atoms with E-state index in [4.69, 9.17) is 9.47 Å². The Morgan fingerprint density at radius 3 is 2.40 bits per heavy atom. The van der Waals surface area contributed by atoms with Crippen LogP contribution in [0.4, 0.5) is 0 Å². The molecule has 1 aliphatic rings. The molecule has 1 aliphatic carbocycles. The Bertz CT molecular complexity index is 377. The lowest BCUT2D eigenvalue weighted by molar-refractivity contribution is 0.270. The maximum Gasteiger partial charge on any atom is 0.161 e. The van der Waals surface area contributed by atoms with Gasteiger partial charge in [0.15, 0.2) is 11.5 Å². The number of rotatable bonds is 11. The molecule has 112 valence electrons. The smallest absolute Gasteiger partial charge is 0.161 e. The summed E-state index contributed by atoms with van der Waals surface area (Å²) < 4.78 is 11.3. The molecule has 1 aromatic rings. The van der Waals surface area contributed by atoms with Crippen molar-refractivity contribution in [1.29, 1.82) is 0 Å². The molecule has 1 fully saturated rings. The van der Waals surface area contributed by atoms with Crippen molar-refractivity contribution < 1.29 is 9.47 Å². The predicted octanol–water partition coefficient (Wildman–Crippen LogP) is 3.78. The largest absolute Gasteiger partial charge is 0.490 e. The summed E-state index contributed by atoms with van der Waals surface area (Å²) in [6.07, 6.45) is 7.69. The maximum absolute atomic E-state index is 5.80. The number of ether oxygens (including phenoxy) is 2. The van der Waals surface area contributed by atoms with Gasteiger partial charge in [0.05, 0.1) is 13.2 Å². The van der Waals surface area contributed by atoms with Gasteiger partial charge in [-0.3, -0.25) is 0 Å². The van der Waals surface area contributed by atoms with Crippen molar-refractivity contribution in [1.82, 2.24) is 5.32 Å². The van der Waals surface area contributed by atoms with E-state index < -0.39 is 0 Å². The SMILES string of the molecule is CCOc1ccccc1OCCCCCCNC1CC1. The van der Waals surface area contributed by atoms with Gasteiger partial charge in [-0.15, -0.1) is 0 Å². The third-order valence-electron chi connectivity index (χ3n) is 3.49. The van der Waals surface area contributed by atoms with Gasteiger partial charge in [-0.05, 0) is 51.3 Å². The Kier molecular flexibility index (Phi) is 6.72. The molecule has 3 nitrogen and oxygen atoms in total. The summed E-state index contributed by atoms with van der Waals surface area (Å²) in [7, 11) is 0. The summed E-state index contributed by atoms with van der Waals surface area (Å²) >= 11 is 0. The summed E-state index contributed by atoms with van der Waals surface area (Å²) in [5, 5.41) is 3.55. The first kappa shape index (κ1) is 15.2. The van der Waals surface area contributed by atoms with Gasteiger partial charge in [0, 0.05) is 6.04 Å².